The van der Waals surface area contributed by atoms with Crippen molar-refractivity contribution < 1.29 is 13.6 Å². The van der Waals surface area contributed by atoms with E-state index in [-0.39, 0.29) is 11.5 Å². The summed E-state index contributed by atoms with van der Waals surface area (Å²) in [6.45, 7) is 1.67. The number of hydrogen-bond acceptors (Lipinski definition) is 3. The van der Waals surface area contributed by atoms with E-state index in [1.807, 2.05) is 35.7 Å². The second kappa shape index (κ2) is 7.57. The highest BCUT2D eigenvalue weighted by Crippen LogP contribution is 2.45. The Labute approximate surface area is 148 Å². The maximum Gasteiger partial charge on any atom is 0.251 e. The summed E-state index contributed by atoms with van der Waals surface area (Å²) in [5, 5.41) is 2.75. The number of carbonyl (C=O) groups excluding carboxylic acids is 1. The third kappa shape index (κ3) is 3.92. The molecule has 126 valence electrons. The molecule has 0 bridgehead atoms. The Morgan fingerprint density at radius 3 is 2.42 bits per heavy atom. The number of carbonyl (C=O) groups is 1. The first kappa shape index (κ1) is 17.3. The lowest BCUT2D eigenvalue weighted by Crippen LogP contribution is -2.27. The molecule has 6 heteroatoms. The van der Waals surface area contributed by atoms with Crippen molar-refractivity contribution in [2.75, 3.05) is 11.5 Å². The molecule has 24 heavy (non-hydrogen) atoms. The summed E-state index contributed by atoms with van der Waals surface area (Å²) in [6.07, 6.45) is 0. The summed E-state index contributed by atoms with van der Waals surface area (Å²) in [4.78, 5) is 12.3. The molecule has 1 saturated heterocycles. The van der Waals surface area contributed by atoms with Crippen LogP contribution >= 0.6 is 23.5 Å². The van der Waals surface area contributed by atoms with Crippen molar-refractivity contribution in [1.82, 2.24) is 5.32 Å². The van der Waals surface area contributed by atoms with E-state index in [1.165, 1.54) is 17.7 Å². The minimum Gasteiger partial charge on any atom is -0.345 e. The molecule has 1 N–H and O–H groups in total. The molecule has 1 atom stereocenters. The lowest BCUT2D eigenvalue weighted by molar-refractivity contribution is 0.0939. The summed E-state index contributed by atoms with van der Waals surface area (Å²) < 4.78 is 27.2. The fraction of sp³-hybridized carbons (Fsp3) is 0.278. The lowest BCUT2D eigenvalue weighted by atomic mass is 10.1. The first-order valence-corrected chi connectivity index (χ1v) is 9.73. The molecule has 0 spiro atoms. The summed E-state index contributed by atoms with van der Waals surface area (Å²) in [5.41, 5.74) is 2.00. The number of rotatable bonds is 4. The predicted molar refractivity (Wildman–Crippen MR) is 96.3 cm³/mol. The van der Waals surface area contributed by atoms with Crippen LogP contribution in [0.3, 0.4) is 0 Å². The van der Waals surface area contributed by atoms with E-state index in [0.29, 0.717) is 10.1 Å². The van der Waals surface area contributed by atoms with E-state index in [9.17, 15) is 13.6 Å². The van der Waals surface area contributed by atoms with E-state index >= 15 is 0 Å². The number of benzene rings is 2. The maximum atomic E-state index is 13.8. The van der Waals surface area contributed by atoms with Gasteiger partial charge in [-0.3, -0.25) is 4.79 Å². The molecule has 1 aliphatic rings. The van der Waals surface area contributed by atoms with Crippen molar-refractivity contribution in [2.24, 2.45) is 0 Å². The predicted octanol–water partition coefficient (Wildman–Crippen LogP) is 4.93. The molecular weight excluding hydrogens is 348 g/mol. The number of nitrogens with one attached hydrogen (secondary N) is 1. The molecule has 1 unspecified atom stereocenters. The summed E-state index contributed by atoms with van der Waals surface area (Å²) in [7, 11) is 0. The normalized spacial score (nSPS) is 16.1. The third-order valence-electron chi connectivity index (χ3n) is 3.84. The van der Waals surface area contributed by atoms with Crippen LogP contribution in [-0.4, -0.2) is 17.4 Å². The van der Waals surface area contributed by atoms with Crippen LogP contribution in [0.25, 0.3) is 0 Å². The van der Waals surface area contributed by atoms with Crippen LogP contribution < -0.4 is 5.32 Å². The van der Waals surface area contributed by atoms with Crippen LogP contribution in [0, 0.1) is 11.6 Å². The second-order valence-electron chi connectivity index (χ2n) is 5.56. The van der Waals surface area contributed by atoms with Gasteiger partial charge >= 0.3 is 0 Å². The Morgan fingerprint density at radius 2 is 1.79 bits per heavy atom. The molecule has 1 amide bonds. The van der Waals surface area contributed by atoms with Gasteiger partial charge in [0, 0.05) is 28.7 Å². The summed E-state index contributed by atoms with van der Waals surface area (Å²) in [6, 6.07) is 10.3. The molecule has 2 aromatic carbocycles. The van der Waals surface area contributed by atoms with Crippen molar-refractivity contribution in [1.29, 1.82) is 0 Å². The van der Waals surface area contributed by atoms with Gasteiger partial charge in [-0.15, -0.1) is 23.5 Å². The summed E-state index contributed by atoms with van der Waals surface area (Å²) >= 11 is 3.82. The van der Waals surface area contributed by atoms with Gasteiger partial charge < -0.3 is 5.32 Å². The van der Waals surface area contributed by atoms with Gasteiger partial charge in [0.25, 0.3) is 5.91 Å². The summed E-state index contributed by atoms with van der Waals surface area (Å²) in [5.74, 6) is 0.738. The average Bonchev–Trinajstić information content (AvgIpc) is 3.09. The topological polar surface area (TPSA) is 29.1 Å². The van der Waals surface area contributed by atoms with Gasteiger partial charge in [-0.25, -0.2) is 8.78 Å². The van der Waals surface area contributed by atoms with Crippen molar-refractivity contribution in [3.05, 3.63) is 70.8 Å². The van der Waals surface area contributed by atoms with Crippen molar-refractivity contribution in [3.63, 3.8) is 0 Å². The number of halogens is 2. The molecule has 0 radical (unpaired) electrons. The van der Waals surface area contributed by atoms with Crippen LogP contribution in [0.1, 0.15) is 39.0 Å². The lowest BCUT2D eigenvalue weighted by Gasteiger charge is -2.16. The molecule has 2 nitrogen and oxygen atoms in total. The largest absolute Gasteiger partial charge is 0.345 e. The highest BCUT2D eigenvalue weighted by molar-refractivity contribution is 8.19. The Kier molecular flexibility index (Phi) is 5.46. The van der Waals surface area contributed by atoms with Gasteiger partial charge in [-0.2, -0.15) is 0 Å². The zero-order valence-corrected chi connectivity index (χ0v) is 14.7. The molecule has 1 fully saturated rings. The Morgan fingerprint density at radius 1 is 1.12 bits per heavy atom. The SMILES string of the molecule is CC(NC(=O)c1ccc(C2SCCS2)cc1)c1ccc(F)cc1F. The molecule has 1 aliphatic heterocycles. The Hall–Kier alpha value is -1.53. The molecule has 2 aromatic rings. The van der Waals surface area contributed by atoms with Gasteiger partial charge in [0.15, 0.2) is 0 Å². The first-order chi connectivity index (χ1) is 11.5. The van der Waals surface area contributed by atoms with E-state index < -0.39 is 17.7 Å². The van der Waals surface area contributed by atoms with E-state index in [4.69, 9.17) is 0 Å². The van der Waals surface area contributed by atoms with E-state index in [0.717, 1.165) is 17.6 Å². The Balaban J connectivity index is 1.67. The minimum atomic E-state index is -0.659. The zero-order chi connectivity index (χ0) is 17.1. The number of thioether (sulfide) groups is 2. The molecular formula is C18H17F2NOS2. The van der Waals surface area contributed by atoms with E-state index in [1.54, 1.807) is 19.1 Å². The molecule has 0 aliphatic carbocycles. The highest BCUT2D eigenvalue weighted by atomic mass is 32.2. The number of amides is 1. The average molecular weight is 365 g/mol. The molecule has 0 aromatic heterocycles. The van der Waals surface area contributed by atoms with Crippen LogP contribution in [-0.2, 0) is 0 Å². The van der Waals surface area contributed by atoms with Gasteiger partial charge in [0.05, 0.1) is 10.6 Å². The zero-order valence-electron chi connectivity index (χ0n) is 13.1. The van der Waals surface area contributed by atoms with Crippen LogP contribution in [0.15, 0.2) is 42.5 Å². The van der Waals surface area contributed by atoms with Crippen LogP contribution in [0.5, 0.6) is 0 Å². The third-order valence-corrected chi connectivity index (χ3v) is 6.95. The molecule has 0 saturated carbocycles. The molecule has 3 rings (SSSR count). The van der Waals surface area contributed by atoms with E-state index in [2.05, 4.69) is 5.32 Å². The highest BCUT2D eigenvalue weighted by Gasteiger charge is 2.19. The van der Waals surface area contributed by atoms with Gasteiger partial charge in [0.2, 0.25) is 0 Å². The van der Waals surface area contributed by atoms with Crippen LogP contribution in [0.4, 0.5) is 8.78 Å². The van der Waals surface area contributed by atoms with Crippen molar-refractivity contribution >= 4 is 29.4 Å². The fourth-order valence-electron chi connectivity index (χ4n) is 2.55. The standard InChI is InChI=1S/C18H17F2NOS2/c1-11(15-7-6-14(19)10-16(15)20)21-17(22)12-2-4-13(5-3-12)18-23-8-9-24-18/h2-7,10-11,18H,8-9H2,1H3,(H,21,22). The van der Waals surface area contributed by atoms with Gasteiger partial charge in [-0.05, 0) is 30.7 Å². The molecule has 1 heterocycles. The quantitative estimate of drug-likeness (QED) is 0.833. The van der Waals surface area contributed by atoms with Gasteiger partial charge in [0.1, 0.15) is 11.6 Å². The smallest absolute Gasteiger partial charge is 0.251 e. The second-order valence-corrected chi connectivity index (χ2v) is 8.28. The van der Waals surface area contributed by atoms with Crippen LogP contribution in [0.2, 0.25) is 0 Å². The monoisotopic (exact) mass is 365 g/mol. The maximum absolute atomic E-state index is 13.8. The fourth-order valence-corrected chi connectivity index (χ4v) is 5.41. The van der Waals surface area contributed by atoms with Crippen molar-refractivity contribution in [3.8, 4) is 0 Å². The van der Waals surface area contributed by atoms with Gasteiger partial charge in [-0.1, -0.05) is 18.2 Å². The minimum absolute atomic E-state index is 0.264. The first-order valence-electron chi connectivity index (χ1n) is 7.63. The number of hydrogen-bond donors (Lipinski definition) is 1. The Bertz CT molecular complexity index is 730. The van der Waals surface area contributed by atoms with Crippen molar-refractivity contribution in [2.45, 2.75) is 17.5 Å².